The molecule has 1 atom stereocenters. The van der Waals surface area contributed by atoms with E-state index < -0.39 is 10.0 Å². The second kappa shape index (κ2) is 11.5. The minimum atomic E-state index is -3.54. The van der Waals surface area contributed by atoms with Crippen LogP contribution in [0.15, 0.2) is 53.7 Å². The van der Waals surface area contributed by atoms with Crippen LogP contribution in [0, 0.1) is 0 Å². The Bertz CT molecular complexity index is 1290. The first-order valence-electron chi connectivity index (χ1n) is 12.8. The fraction of sp³-hybridized carbons (Fsp3) is 0.462. The molecule has 2 aliphatic rings. The van der Waals surface area contributed by atoms with E-state index in [-0.39, 0.29) is 12.1 Å². The monoisotopic (exact) mass is 542 g/mol. The highest BCUT2D eigenvalue weighted by Gasteiger charge is 2.32. The number of sulfonamides is 1. The van der Waals surface area contributed by atoms with Crippen molar-refractivity contribution in [1.82, 2.24) is 24.5 Å². The van der Waals surface area contributed by atoms with Gasteiger partial charge in [0.25, 0.3) is 0 Å². The van der Waals surface area contributed by atoms with Gasteiger partial charge in [-0.15, -0.1) is 11.3 Å². The van der Waals surface area contributed by atoms with Crippen molar-refractivity contribution in [2.45, 2.75) is 49.8 Å². The lowest BCUT2D eigenvalue weighted by atomic mass is 10.1. The highest BCUT2D eigenvalue weighted by atomic mass is 32.2. The smallest absolute Gasteiger partial charge is 0.243 e. The Hall–Kier alpha value is -2.41. The molecule has 2 fully saturated rings. The topological polar surface area (TPSA) is 111 Å². The summed E-state index contributed by atoms with van der Waals surface area (Å²) < 4.78 is 28.0. The summed E-state index contributed by atoms with van der Waals surface area (Å²) in [6, 6.07) is 11.0. The number of benzene rings is 1. The Morgan fingerprint density at radius 1 is 1.11 bits per heavy atom. The molecular weight excluding hydrogens is 508 g/mol. The average Bonchev–Trinajstić information content (AvgIpc) is 3.39. The third-order valence-corrected chi connectivity index (χ3v) is 10.0. The van der Waals surface area contributed by atoms with E-state index in [1.165, 1.54) is 4.88 Å². The van der Waals surface area contributed by atoms with Gasteiger partial charge in [-0.3, -0.25) is 9.88 Å². The first-order valence-corrected chi connectivity index (χ1v) is 15.1. The molecule has 37 heavy (non-hydrogen) atoms. The molecule has 0 radical (unpaired) electrons. The largest absolute Gasteiger partial charge is 0.393 e. The molecule has 3 N–H and O–H groups in total. The van der Waals surface area contributed by atoms with Crippen LogP contribution in [0.1, 0.15) is 31.1 Å². The molecule has 9 nitrogen and oxygen atoms in total. The second-order valence-electron chi connectivity index (χ2n) is 9.59. The molecule has 1 aromatic carbocycles. The maximum Gasteiger partial charge on any atom is 0.243 e. The maximum atomic E-state index is 13.2. The molecule has 4 heterocycles. The lowest BCUT2D eigenvalue weighted by Crippen LogP contribution is -2.53. The number of likely N-dealkylation sites (tertiary alicyclic amines) is 1. The zero-order valence-corrected chi connectivity index (χ0v) is 22.6. The van der Waals surface area contributed by atoms with Gasteiger partial charge in [-0.2, -0.15) is 4.31 Å². The summed E-state index contributed by atoms with van der Waals surface area (Å²) in [5.74, 6) is 0.598. The Morgan fingerprint density at radius 3 is 2.65 bits per heavy atom. The van der Waals surface area contributed by atoms with E-state index in [1.54, 1.807) is 52.3 Å². The van der Waals surface area contributed by atoms with Crippen LogP contribution in [0.25, 0.3) is 10.6 Å². The lowest BCUT2D eigenvalue weighted by Gasteiger charge is -2.34. The SMILES string of the molecule is CCC1CNCCN1S(=O)(=O)c1ccc(Nc2cncc(-c3ccc(CN4CCC(O)CC4)s3)n2)cc1. The minimum absolute atomic E-state index is 0.0277. The van der Waals surface area contributed by atoms with Gasteiger partial charge in [0.2, 0.25) is 10.0 Å². The van der Waals surface area contributed by atoms with E-state index in [1.807, 2.05) is 6.92 Å². The van der Waals surface area contributed by atoms with Crippen LogP contribution in [0.3, 0.4) is 0 Å². The van der Waals surface area contributed by atoms with Crippen LogP contribution < -0.4 is 10.6 Å². The molecule has 0 saturated carbocycles. The second-order valence-corrected chi connectivity index (χ2v) is 12.7. The molecule has 2 aromatic heterocycles. The van der Waals surface area contributed by atoms with Crippen molar-refractivity contribution in [2.24, 2.45) is 0 Å². The van der Waals surface area contributed by atoms with E-state index in [0.717, 1.165) is 55.2 Å². The highest BCUT2D eigenvalue weighted by Crippen LogP contribution is 2.29. The Labute approximate surface area is 222 Å². The molecule has 2 saturated heterocycles. The molecule has 0 amide bonds. The van der Waals surface area contributed by atoms with Crippen LogP contribution >= 0.6 is 11.3 Å². The van der Waals surface area contributed by atoms with E-state index in [0.29, 0.717) is 30.3 Å². The molecule has 0 spiro atoms. The molecule has 198 valence electrons. The number of aliphatic hydroxyl groups excluding tert-OH is 1. The van der Waals surface area contributed by atoms with Gasteiger partial charge >= 0.3 is 0 Å². The van der Waals surface area contributed by atoms with Crippen molar-refractivity contribution in [3.63, 3.8) is 0 Å². The lowest BCUT2D eigenvalue weighted by molar-refractivity contribution is 0.0797. The summed E-state index contributed by atoms with van der Waals surface area (Å²) in [6.45, 7) is 6.56. The molecule has 0 aliphatic carbocycles. The van der Waals surface area contributed by atoms with Crippen LogP contribution in [0.5, 0.6) is 0 Å². The highest BCUT2D eigenvalue weighted by molar-refractivity contribution is 7.89. The predicted molar refractivity (Wildman–Crippen MR) is 146 cm³/mol. The standard InChI is InChI=1S/C26H34N6O3S2/c1-2-20-15-27-11-14-32(20)37(34,35)23-6-3-19(4-7-23)29-26-17-28-16-24(30-26)25-8-5-22(36-25)18-31-12-9-21(33)10-13-31/h3-8,16-17,20-21,27,33H,2,9-15,18H2,1H3,(H,29,30). The third-order valence-electron chi connectivity index (χ3n) is 6.99. The number of nitrogens with one attached hydrogen (secondary N) is 2. The summed E-state index contributed by atoms with van der Waals surface area (Å²) in [4.78, 5) is 14.1. The van der Waals surface area contributed by atoms with Crippen LogP contribution in [0.2, 0.25) is 0 Å². The number of piperazine rings is 1. The zero-order chi connectivity index (χ0) is 25.8. The molecule has 2 aliphatic heterocycles. The van der Waals surface area contributed by atoms with Gasteiger partial charge in [-0.1, -0.05) is 6.92 Å². The Balaban J connectivity index is 1.25. The number of hydrogen-bond acceptors (Lipinski definition) is 9. The van der Waals surface area contributed by atoms with Crippen molar-refractivity contribution in [3.8, 4) is 10.6 Å². The van der Waals surface area contributed by atoms with Gasteiger partial charge in [-0.25, -0.2) is 13.4 Å². The van der Waals surface area contributed by atoms with Crippen molar-refractivity contribution in [1.29, 1.82) is 0 Å². The summed E-state index contributed by atoms with van der Waals surface area (Å²) in [7, 11) is -3.54. The summed E-state index contributed by atoms with van der Waals surface area (Å²) in [6.07, 6.45) is 5.69. The maximum absolute atomic E-state index is 13.2. The predicted octanol–water partition coefficient (Wildman–Crippen LogP) is 3.28. The van der Waals surface area contributed by atoms with Crippen molar-refractivity contribution >= 4 is 32.9 Å². The van der Waals surface area contributed by atoms with E-state index >= 15 is 0 Å². The van der Waals surface area contributed by atoms with E-state index in [4.69, 9.17) is 4.98 Å². The average molecular weight is 543 g/mol. The molecule has 0 bridgehead atoms. The van der Waals surface area contributed by atoms with Gasteiger partial charge < -0.3 is 15.7 Å². The van der Waals surface area contributed by atoms with Crippen molar-refractivity contribution < 1.29 is 13.5 Å². The number of rotatable bonds is 8. The molecule has 11 heteroatoms. The quantitative estimate of drug-likeness (QED) is 0.398. The van der Waals surface area contributed by atoms with Gasteiger partial charge in [0.15, 0.2) is 0 Å². The Kier molecular flexibility index (Phi) is 8.18. The molecule has 3 aromatic rings. The minimum Gasteiger partial charge on any atom is -0.393 e. The first kappa shape index (κ1) is 26.2. The van der Waals surface area contributed by atoms with Crippen molar-refractivity contribution in [3.05, 3.63) is 53.7 Å². The number of anilines is 2. The van der Waals surface area contributed by atoms with Gasteiger partial charge in [0, 0.05) is 55.9 Å². The van der Waals surface area contributed by atoms with Gasteiger partial charge in [0.1, 0.15) is 11.5 Å². The van der Waals surface area contributed by atoms with Crippen LogP contribution in [-0.4, -0.2) is 77.6 Å². The van der Waals surface area contributed by atoms with Crippen LogP contribution in [-0.2, 0) is 16.6 Å². The van der Waals surface area contributed by atoms with Gasteiger partial charge in [-0.05, 0) is 55.7 Å². The third kappa shape index (κ3) is 6.19. The fourth-order valence-corrected chi connectivity index (χ4v) is 7.55. The number of aromatic nitrogens is 2. The number of thiophene rings is 1. The zero-order valence-electron chi connectivity index (χ0n) is 21.0. The molecular formula is C26H34N6O3S2. The summed E-state index contributed by atoms with van der Waals surface area (Å²) in [5.41, 5.74) is 1.54. The number of hydrogen-bond donors (Lipinski definition) is 3. The van der Waals surface area contributed by atoms with E-state index in [9.17, 15) is 13.5 Å². The molecule has 5 rings (SSSR count). The normalized spacial score (nSPS) is 20.2. The number of nitrogens with zero attached hydrogens (tertiary/aromatic N) is 4. The van der Waals surface area contributed by atoms with E-state index in [2.05, 4.69) is 32.7 Å². The fourth-order valence-electron chi connectivity index (χ4n) is 4.84. The number of piperidine rings is 1. The summed E-state index contributed by atoms with van der Waals surface area (Å²) >= 11 is 1.71. The first-order chi connectivity index (χ1) is 17.9. The Morgan fingerprint density at radius 2 is 1.89 bits per heavy atom. The van der Waals surface area contributed by atoms with Gasteiger partial charge in [0.05, 0.1) is 28.3 Å². The summed E-state index contributed by atoms with van der Waals surface area (Å²) in [5, 5.41) is 16.2. The van der Waals surface area contributed by atoms with Crippen molar-refractivity contribution in [2.75, 3.05) is 38.0 Å². The van der Waals surface area contributed by atoms with Crippen LogP contribution in [0.4, 0.5) is 11.5 Å². The molecule has 1 unspecified atom stereocenters. The number of aliphatic hydroxyl groups is 1.